The fraction of sp³-hybridized carbons (Fsp3) is 0.476. The van der Waals surface area contributed by atoms with E-state index in [0.29, 0.717) is 164 Å². The van der Waals surface area contributed by atoms with Gasteiger partial charge in [-0.15, -0.1) is 10.7 Å². The smallest absolute Gasteiger partial charge is 0.338 e. The van der Waals surface area contributed by atoms with Crippen molar-refractivity contribution in [3.05, 3.63) is 204 Å². The van der Waals surface area contributed by atoms with Gasteiger partial charge in [0.05, 0.1) is 237 Å². The molecule has 0 bridgehead atoms. The first-order chi connectivity index (χ1) is 66.7. The Morgan fingerprint density at radius 1 is 0.226 bits per heavy atom. The van der Waals surface area contributed by atoms with Crippen LogP contribution in [0.5, 0.6) is 0 Å². The van der Waals surface area contributed by atoms with Crippen molar-refractivity contribution in [1.82, 2.24) is 5.01 Å². The van der Waals surface area contributed by atoms with Gasteiger partial charge in [0.2, 0.25) is 0 Å². The first-order valence-electron chi connectivity index (χ1n) is 44.9. The maximum absolute atomic E-state index is 14.3. The zero-order valence-corrected chi connectivity index (χ0v) is 81.4. The van der Waals surface area contributed by atoms with Crippen molar-refractivity contribution < 1.29 is 142 Å². The van der Waals surface area contributed by atoms with Crippen molar-refractivity contribution in [1.29, 1.82) is 0 Å². The van der Waals surface area contributed by atoms with Gasteiger partial charge in [0.25, 0.3) is 0 Å². The van der Waals surface area contributed by atoms with Crippen LogP contribution >= 0.6 is 0 Å². The maximum Gasteiger partial charge on any atom is 0.338 e. The summed E-state index contributed by atoms with van der Waals surface area (Å²) in [6.07, 6.45) is 0. The number of ether oxygens (including phenoxy) is 24. The Kier molecular flexibility index (Phi) is 59.1. The third kappa shape index (κ3) is 51.4. The Labute approximate surface area is 804 Å². The summed E-state index contributed by atoms with van der Waals surface area (Å²) in [5, 5.41) is 10.5. The molecule has 0 radical (unpaired) electrons. The van der Waals surface area contributed by atoms with E-state index in [4.69, 9.17) is 114 Å². The molecule has 6 aromatic carbocycles. The minimum absolute atomic E-state index is 0.0314. The first kappa shape index (κ1) is 114. The zero-order valence-electron chi connectivity index (χ0n) is 80.4. The van der Waals surface area contributed by atoms with Crippen LogP contribution in [-0.2, 0) is 114 Å². The zero-order chi connectivity index (χ0) is 98.4. The van der Waals surface area contributed by atoms with Crippen LogP contribution < -0.4 is 0 Å². The van der Waals surface area contributed by atoms with Gasteiger partial charge < -0.3 is 114 Å². The molecule has 0 atom stereocenters. The van der Waals surface area contributed by atoms with E-state index in [1.54, 1.807) is 108 Å². The largest absolute Gasteiger partial charge is 0.460 e. The molecule has 33 nitrogen and oxygen atoms in total. The monoisotopic (exact) mass is 1910 g/mol. The fourth-order valence-electron chi connectivity index (χ4n) is 11.2. The number of carbonyl (C=O) groups is 6. The molecule has 0 aliphatic rings. The van der Waals surface area contributed by atoms with E-state index in [2.05, 4.69) is 101 Å². The number of carbonyl (C=O) groups excluding carboxylic acids is 6. The SMILES string of the molecule is CCN(CC)N=Nc1cc(C#Cc2cc(C#Cc3cc(C#Cc4cc(C#Cc5cc(C#Cc6cc(C#C[Si](C)(C)C)cc(C(=O)OCCOCCOCCOC)c6)cc(C(=O)OCCOCCOCCOC)c5)cc(C(=O)OCCOCCOCCOC)c4)cc(C(=O)OCCOCCOCCOC)c3)cc(C(=O)OCCOCCOCCOC)c2)cc(C(=O)OCCOCCOCCOC)c1. The summed E-state index contributed by atoms with van der Waals surface area (Å²) in [5.74, 6) is 30.5. The lowest BCUT2D eigenvalue weighted by molar-refractivity contribution is 0.00552. The van der Waals surface area contributed by atoms with Gasteiger partial charge in [-0.3, -0.25) is 5.01 Å². The number of hydrogen-bond donors (Lipinski definition) is 0. The molecule has 0 saturated carbocycles. The molecule has 0 aromatic heterocycles. The highest BCUT2D eigenvalue weighted by molar-refractivity contribution is 6.83. The summed E-state index contributed by atoms with van der Waals surface area (Å²) in [5.41, 5.74) is 7.80. The number of nitrogens with zero attached hydrogens (tertiary/aromatic N) is 3. The molecule has 0 unspecified atom stereocenters. The summed E-state index contributed by atoms with van der Waals surface area (Å²) in [7, 11) is 7.54. The summed E-state index contributed by atoms with van der Waals surface area (Å²) >= 11 is 0. The van der Waals surface area contributed by atoms with Gasteiger partial charge in [0, 0.05) is 117 Å². The number of esters is 6. The van der Waals surface area contributed by atoms with Gasteiger partial charge in [-0.05, 0) is 123 Å². The van der Waals surface area contributed by atoms with E-state index in [-0.39, 0.29) is 187 Å². The fourth-order valence-corrected chi connectivity index (χ4v) is 11.7. The third-order valence-electron chi connectivity index (χ3n) is 17.9. The Balaban J connectivity index is 1.48. The van der Waals surface area contributed by atoms with Gasteiger partial charge in [-0.1, -0.05) is 90.0 Å². The summed E-state index contributed by atoms with van der Waals surface area (Å²) in [6, 6.07) is 28.5. The van der Waals surface area contributed by atoms with Crippen LogP contribution in [0.3, 0.4) is 0 Å². The molecule has 738 valence electrons. The number of hydrogen-bond acceptors (Lipinski definition) is 32. The highest BCUT2D eigenvalue weighted by Gasteiger charge is 2.19. The van der Waals surface area contributed by atoms with Crippen LogP contribution in [0, 0.1) is 70.7 Å². The molecule has 0 amide bonds. The molecular weight excluding hydrogens is 1790 g/mol. The van der Waals surface area contributed by atoms with Crippen molar-refractivity contribution in [2.24, 2.45) is 10.3 Å². The summed E-state index contributed by atoms with van der Waals surface area (Å²) < 4.78 is 131. The van der Waals surface area contributed by atoms with Crippen LogP contribution in [0.4, 0.5) is 5.69 Å². The first-order valence-corrected chi connectivity index (χ1v) is 48.4. The second-order valence-electron chi connectivity index (χ2n) is 30.0. The molecule has 0 fully saturated rings. The van der Waals surface area contributed by atoms with E-state index in [1.807, 2.05) is 13.8 Å². The van der Waals surface area contributed by atoms with Crippen LogP contribution in [0.15, 0.2) is 120 Å². The standard InChI is InChI=1S/C103H127N3O30Si/c1-12-106(13-2)105-104-97-78-89(76-96(79-97)103(112)136-60-54-130-48-42-124-36-30-118-8)23-22-87-65-85(72-94(74-87)101(110)134-58-52-128-46-40-122-34-28-116-6)19-18-83-63-81(68-92(70-83)99(108)132-56-50-126-44-38-120-32-26-114-4)15-14-80-62-82(69-91(67-80)98(107)131-55-49-125-43-37-119-31-25-113-3)16-17-84-64-86(73-93(71-84)100(109)133-57-51-127-45-39-121-33-27-115-5)20-21-88-66-90(24-61-137(9,10)11)77-95(75-88)102(111)135-59-53-129-47-41-123-35-29-117-7/h62-79H,12-13,25-60H2,1-11H3. The van der Waals surface area contributed by atoms with Gasteiger partial charge in [-0.2, -0.15) is 0 Å². The molecule has 0 spiro atoms. The van der Waals surface area contributed by atoms with Gasteiger partial charge >= 0.3 is 35.8 Å². The molecule has 0 aliphatic carbocycles. The Bertz CT molecular complexity index is 5120. The predicted octanol–water partition coefficient (Wildman–Crippen LogP) is 10.3. The van der Waals surface area contributed by atoms with E-state index in [9.17, 15) is 28.8 Å². The predicted molar refractivity (Wildman–Crippen MR) is 509 cm³/mol. The van der Waals surface area contributed by atoms with E-state index in [0.717, 1.165) is 0 Å². The Hall–Kier alpha value is -11.6. The molecule has 0 aliphatic heterocycles. The highest BCUT2D eigenvalue weighted by Crippen LogP contribution is 2.23. The maximum atomic E-state index is 14.3. The van der Waals surface area contributed by atoms with Gasteiger partial charge in [0.1, 0.15) is 47.7 Å². The van der Waals surface area contributed by atoms with Crippen molar-refractivity contribution in [3.8, 4) is 70.7 Å². The molecule has 6 rings (SSSR count). The van der Waals surface area contributed by atoms with E-state index < -0.39 is 43.9 Å². The Morgan fingerprint density at radius 2 is 0.387 bits per heavy atom. The molecule has 34 heteroatoms. The molecule has 137 heavy (non-hydrogen) atoms. The van der Waals surface area contributed by atoms with Crippen molar-refractivity contribution in [2.75, 3.05) is 294 Å². The lowest BCUT2D eigenvalue weighted by atomic mass is 10.0. The summed E-state index contributed by atoms with van der Waals surface area (Å²) in [6.45, 7) is 19.3. The van der Waals surface area contributed by atoms with Crippen molar-refractivity contribution in [3.63, 3.8) is 0 Å². The van der Waals surface area contributed by atoms with Crippen molar-refractivity contribution in [2.45, 2.75) is 33.5 Å². The minimum Gasteiger partial charge on any atom is -0.460 e. The minimum atomic E-state index is -1.92. The number of benzene rings is 6. The van der Waals surface area contributed by atoms with Crippen LogP contribution in [0.2, 0.25) is 19.6 Å². The number of rotatable bonds is 64. The van der Waals surface area contributed by atoms with Crippen LogP contribution in [0.1, 0.15) is 137 Å². The second-order valence-corrected chi connectivity index (χ2v) is 34.7. The molecule has 0 heterocycles. The van der Waals surface area contributed by atoms with Crippen LogP contribution in [-0.4, -0.2) is 342 Å². The van der Waals surface area contributed by atoms with Gasteiger partial charge in [-0.25, -0.2) is 28.8 Å². The van der Waals surface area contributed by atoms with Crippen LogP contribution in [0.25, 0.3) is 0 Å². The second kappa shape index (κ2) is 70.9. The average molecular weight is 1920 g/mol. The van der Waals surface area contributed by atoms with Crippen molar-refractivity contribution >= 4 is 49.6 Å². The molecule has 0 saturated heterocycles. The number of methoxy groups -OCH3 is 6. The normalized spacial score (nSPS) is 10.9. The van der Waals surface area contributed by atoms with E-state index in [1.165, 1.54) is 48.5 Å². The Morgan fingerprint density at radius 3 is 0.562 bits per heavy atom. The van der Waals surface area contributed by atoms with Gasteiger partial charge in [0.15, 0.2) is 0 Å². The molecular formula is C103H127N3O30Si. The molecule has 0 N–H and O–H groups in total. The lowest BCUT2D eigenvalue weighted by Gasteiger charge is -2.11. The topological polar surface area (TPSA) is 352 Å². The lowest BCUT2D eigenvalue weighted by Crippen LogP contribution is -2.16. The summed E-state index contributed by atoms with van der Waals surface area (Å²) in [4.78, 5) is 84.1. The average Bonchev–Trinajstić information content (AvgIpc) is 0.834. The highest BCUT2D eigenvalue weighted by atomic mass is 28.3. The molecule has 6 aromatic rings. The quantitative estimate of drug-likeness (QED) is 0.00651. The van der Waals surface area contributed by atoms with E-state index >= 15 is 0 Å². The third-order valence-corrected chi connectivity index (χ3v) is 18.8.